The molecule has 3 N–H and O–H groups in total. The Balaban J connectivity index is 3.55. The summed E-state index contributed by atoms with van der Waals surface area (Å²) in [6.07, 6.45) is 4.09. The van der Waals surface area contributed by atoms with Gasteiger partial charge in [0, 0.05) is 18.7 Å². The lowest BCUT2D eigenvalue weighted by Gasteiger charge is -2.03. The van der Waals surface area contributed by atoms with Crippen molar-refractivity contribution in [2.75, 3.05) is 18.6 Å². The van der Waals surface area contributed by atoms with Gasteiger partial charge in [0.05, 0.1) is 0 Å². The molecular formula is C7H17N3S. The van der Waals surface area contributed by atoms with Crippen LogP contribution in [0.1, 0.15) is 19.8 Å². The first kappa shape index (κ1) is 10.8. The molecule has 0 saturated carbocycles. The van der Waals surface area contributed by atoms with Crippen LogP contribution in [0.5, 0.6) is 0 Å². The lowest BCUT2D eigenvalue weighted by atomic mass is 10.4. The largest absolute Gasteiger partial charge is 0.312 e. The van der Waals surface area contributed by atoms with E-state index in [0.717, 1.165) is 31.0 Å². The first-order valence-corrected chi connectivity index (χ1v) is 5.23. The minimum atomic E-state index is 0.869. The Hall–Kier alpha value is -0.220. The highest BCUT2D eigenvalue weighted by atomic mass is 32.2. The standard InChI is InChI=1S/C7H17N3S/c1-3-5-9-7(10-8)4-6-11-2/h3-6,8H2,1-2H3,(H,9,10). The summed E-state index contributed by atoms with van der Waals surface area (Å²) in [5.41, 5.74) is 2.61. The van der Waals surface area contributed by atoms with Crippen LogP contribution >= 0.6 is 11.8 Å². The third kappa shape index (κ3) is 6.19. The van der Waals surface area contributed by atoms with E-state index in [1.165, 1.54) is 0 Å². The topological polar surface area (TPSA) is 50.4 Å². The summed E-state index contributed by atoms with van der Waals surface area (Å²) in [5, 5.41) is 0. The SMILES string of the molecule is CCCN=C(CCSC)NN. The van der Waals surface area contributed by atoms with Gasteiger partial charge in [-0.05, 0) is 12.7 Å². The van der Waals surface area contributed by atoms with Gasteiger partial charge in [0.15, 0.2) is 0 Å². The van der Waals surface area contributed by atoms with E-state index in [2.05, 4.69) is 23.6 Å². The van der Waals surface area contributed by atoms with Crippen LogP contribution in [0.15, 0.2) is 4.99 Å². The van der Waals surface area contributed by atoms with Crippen molar-refractivity contribution >= 4 is 17.6 Å². The molecule has 3 nitrogen and oxygen atoms in total. The molecule has 0 aliphatic carbocycles. The van der Waals surface area contributed by atoms with E-state index in [9.17, 15) is 0 Å². The molecule has 11 heavy (non-hydrogen) atoms. The van der Waals surface area contributed by atoms with Crippen molar-refractivity contribution < 1.29 is 0 Å². The smallest absolute Gasteiger partial charge is 0.111 e. The number of thioether (sulfide) groups is 1. The van der Waals surface area contributed by atoms with Gasteiger partial charge in [0.1, 0.15) is 5.84 Å². The number of nitrogens with one attached hydrogen (secondary N) is 1. The maximum Gasteiger partial charge on any atom is 0.111 e. The molecular weight excluding hydrogens is 158 g/mol. The second-order valence-corrected chi connectivity index (χ2v) is 3.20. The fourth-order valence-corrected chi connectivity index (χ4v) is 1.04. The van der Waals surface area contributed by atoms with Crippen molar-refractivity contribution in [1.82, 2.24) is 5.43 Å². The summed E-state index contributed by atoms with van der Waals surface area (Å²) in [6, 6.07) is 0. The molecule has 0 aliphatic rings. The van der Waals surface area contributed by atoms with Gasteiger partial charge in [-0.1, -0.05) is 6.92 Å². The maximum atomic E-state index is 5.26. The van der Waals surface area contributed by atoms with Crippen LogP contribution < -0.4 is 11.3 Å². The van der Waals surface area contributed by atoms with Crippen molar-refractivity contribution in [2.24, 2.45) is 10.8 Å². The van der Waals surface area contributed by atoms with Gasteiger partial charge in [-0.15, -0.1) is 0 Å². The highest BCUT2D eigenvalue weighted by Crippen LogP contribution is 1.95. The van der Waals surface area contributed by atoms with Crippen molar-refractivity contribution in [2.45, 2.75) is 19.8 Å². The summed E-state index contributed by atoms with van der Waals surface area (Å²) in [4.78, 5) is 4.27. The molecule has 4 heteroatoms. The van der Waals surface area contributed by atoms with Crippen LogP contribution in [0, 0.1) is 0 Å². The zero-order valence-corrected chi connectivity index (χ0v) is 8.08. The highest BCUT2D eigenvalue weighted by molar-refractivity contribution is 7.98. The van der Waals surface area contributed by atoms with Gasteiger partial charge in [-0.2, -0.15) is 11.8 Å². The van der Waals surface area contributed by atoms with E-state index in [-0.39, 0.29) is 0 Å². The molecule has 0 fully saturated rings. The second-order valence-electron chi connectivity index (χ2n) is 2.22. The van der Waals surface area contributed by atoms with Crippen LogP contribution in [0.4, 0.5) is 0 Å². The van der Waals surface area contributed by atoms with E-state index >= 15 is 0 Å². The summed E-state index contributed by atoms with van der Waals surface area (Å²) in [7, 11) is 0. The summed E-state index contributed by atoms with van der Waals surface area (Å²) in [6.45, 7) is 2.97. The quantitative estimate of drug-likeness (QED) is 0.284. The van der Waals surface area contributed by atoms with Crippen molar-refractivity contribution in [3.8, 4) is 0 Å². The molecule has 0 amide bonds. The minimum absolute atomic E-state index is 0.869. The third-order valence-corrected chi connectivity index (χ3v) is 1.85. The van der Waals surface area contributed by atoms with Crippen molar-refractivity contribution in [1.29, 1.82) is 0 Å². The number of nitrogens with zero attached hydrogens (tertiary/aromatic N) is 1. The molecule has 0 atom stereocenters. The molecule has 66 valence electrons. The number of hydrazine groups is 1. The Kier molecular flexibility index (Phi) is 7.72. The van der Waals surface area contributed by atoms with Gasteiger partial charge in [-0.25, -0.2) is 5.84 Å². The van der Waals surface area contributed by atoms with Crippen molar-refractivity contribution in [3.05, 3.63) is 0 Å². The molecule has 0 aromatic rings. The number of hydrogen-bond acceptors (Lipinski definition) is 3. The average molecular weight is 175 g/mol. The lowest BCUT2D eigenvalue weighted by Crippen LogP contribution is -2.30. The van der Waals surface area contributed by atoms with E-state index in [0.29, 0.717) is 0 Å². The van der Waals surface area contributed by atoms with Crippen molar-refractivity contribution in [3.63, 3.8) is 0 Å². The Morgan fingerprint density at radius 3 is 2.82 bits per heavy atom. The summed E-state index contributed by atoms with van der Waals surface area (Å²) in [5.74, 6) is 7.26. The normalized spacial score (nSPS) is 11.7. The number of amidine groups is 1. The van der Waals surface area contributed by atoms with Crippen LogP contribution in [0.3, 0.4) is 0 Å². The molecule has 0 unspecified atom stereocenters. The number of rotatable bonds is 5. The molecule has 0 aliphatic heterocycles. The Morgan fingerprint density at radius 1 is 1.64 bits per heavy atom. The van der Waals surface area contributed by atoms with Crippen LogP contribution in [0.25, 0.3) is 0 Å². The van der Waals surface area contributed by atoms with E-state index in [1.54, 1.807) is 11.8 Å². The number of aliphatic imine (C=N–C) groups is 1. The zero-order valence-electron chi connectivity index (χ0n) is 7.26. The van der Waals surface area contributed by atoms with Gasteiger partial charge in [0.25, 0.3) is 0 Å². The molecule has 0 bridgehead atoms. The molecule has 0 aromatic heterocycles. The summed E-state index contributed by atoms with van der Waals surface area (Å²) < 4.78 is 0. The van der Waals surface area contributed by atoms with E-state index < -0.39 is 0 Å². The Labute approximate surface area is 72.8 Å². The predicted molar refractivity (Wildman–Crippen MR) is 52.9 cm³/mol. The average Bonchev–Trinajstić information content (AvgIpc) is 2.05. The molecule has 0 heterocycles. The summed E-state index contributed by atoms with van der Waals surface area (Å²) >= 11 is 1.80. The molecule has 0 rings (SSSR count). The van der Waals surface area contributed by atoms with Crippen LogP contribution in [0.2, 0.25) is 0 Å². The first-order valence-electron chi connectivity index (χ1n) is 3.84. The van der Waals surface area contributed by atoms with E-state index in [4.69, 9.17) is 5.84 Å². The van der Waals surface area contributed by atoms with E-state index in [1.807, 2.05) is 0 Å². The molecule has 0 spiro atoms. The molecule has 0 saturated heterocycles. The molecule has 0 radical (unpaired) electrons. The minimum Gasteiger partial charge on any atom is -0.312 e. The fraction of sp³-hybridized carbons (Fsp3) is 0.857. The van der Waals surface area contributed by atoms with Gasteiger partial charge >= 0.3 is 0 Å². The predicted octanol–water partition coefficient (Wildman–Crippen LogP) is 1.01. The van der Waals surface area contributed by atoms with Crippen LogP contribution in [-0.4, -0.2) is 24.4 Å². The fourth-order valence-electron chi connectivity index (χ4n) is 0.642. The number of nitrogens with two attached hydrogens (primary N) is 1. The van der Waals surface area contributed by atoms with Gasteiger partial charge in [0.2, 0.25) is 0 Å². The van der Waals surface area contributed by atoms with Gasteiger partial charge in [-0.3, -0.25) is 4.99 Å². The maximum absolute atomic E-state index is 5.26. The van der Waals surface area contributed by atoms with Crippen LogP contribution in [-0.2, 0) is 0 Å². The highest BCUT2D eigenvalue weighted by Gasteiger charge is 1.93. The Bertz CT molecular complexity index is 114. The second kappa shape index (κ2) is 7.88. The zero-order chi connectivity index (χ0) is 8.53. The van der Waals surface area contributed by atoms with Gasteiger partial charge < -0.3 is 5.43 Å². The monoisotopic (exact) mass is 175 g/mol. The third-order valence-electron chi connectivity index (χ3n) is 1.24. The first-order chi connectivity index (χ1) is 5.35. The Morgan fingerprint density at radius 2 is 2.36 bits per heavy atom. The molecule has 0 aromatic carbocycles. The lowest BCUT2D eigenvalue weighted by molar-refractivity contribution is 0.890. The number of hydrogen-bond donors (Lipinski definition) is 2.